The number of aromatic hydroxyl groups is 1. The zero-order chi connectivity index (χ0) is 13.9. The molecular weight excluding hydrogens is 248 g/mol. The van der Waals surface area contributed by atoms with Gasteiger partial charge in [-0.3, -0.25) is 0 Å². The van der Waals surface area contributed by atoms with Crippen LogP contribution < -0.4 is 4.74 Å². The third-order valence-electron chi connectivity index (χ3n) is 3.29. The lowest BCUT2D eigenvalue weighted by Crippen LogP contribution is -1.94. The molecule has 0 bridgehead atoms. The highest BCUT2D eigenvalue weighted by Crippen LogP contribution is 2.29. The van der Waals surface area contributed by atoms with Gasteiger partial charge in [0, 0.05) is 5.39 Å². The van der Waals surface area contributed by atoms with Gasteiger partial charge < -0.3 is 9.84 Å². The highest BCUT2D eigenvalue weighted by Gasteiger charge is 2.03. The number of hydrogen-bond acceptors (Lipinski definition) is 2. The molecule has 2 heteroatoms. The maximum absolute atomic E-state index is 9.91. The standard InChI is InChI=1S/C18H16O2/c1-13-9-15-11-16(7-8-17(15)18(19)10-13)20-12-14-5-3-2-4-6-14/h2-11,19H,12H2,1H3. The molecule has 0 spiro atoms. The second-order valence-corrected chi connectivity index (χ2v) is 4.94. The van der Waals surface area contributed by atoms with Crippen LogP contribution in [-0.4, -0.2) is 5.11 Å². The first kappa shape index (κ1) is 12.5. The zero-order valence-corrected chi connectivity index (χ0v) is 11.3. The number of phenolic OH excluding ortho intramolecular Hbond substituents is 1. The smallest absolute Gasteiger partial charge is 0.123 e. The topological polar surface area (TPSA) is 29.5 Å². The van der Waals surface area contributed by atoms with E-state index in [1.807, 2.05) is 61.5 Å². The Morgan fingerprint density at radius 3 is 2.55 bits per heavy atom. The van der Waals surface area contributed by atoms with Crippen molar-refractivity contribution in [2.75, 3.05) is 0 Å². The lowest BCUT2D eigenvalue weighted by Gasteiger charge is -2.09. The maximum Gasteiger partial charge on any atom is 0.123 e. The van der Waals surface area contributed by atoms with Gasteiger partial charge in [-0.05, 0) is 47.7 Å². The van der Waals surface area contributed by atoms with Crippen molar-refractivity contribution in [3.05, 3.63) is 71.8 Å². The Balaban J connectivity index is 1.86. The highest BCUT2D eigenvalue weighted by atomic mass is 16.5. The molecule has 20 heavy (non-hydrogen) atoms. The van der Waals surface area contributed by atoms with E-state index in [2.05, 4.69) is 0 Å². The van der Waals surface area contributed by atoms with E-state index in [1.165, 1.54) is 0 Å². The molecule has 0 aliphatic rings. The number of hydrogen-bond donors (Lipinski definition) is 1. The Bertz CT molecular complexity index is 733. The van der Waals surface area contributed by atoms with E-state index >= 15 is 0 Å². The molecule has 100 valence electrons. The number of phenols is 1. The van der Waals surface area contributed by atoms with Gasteiger partial charge in [0.05, 0.1) is 0 Å². The van der Waals surface area contributed by atoms with Crippen molar-refractivity contribution in [1.29, 1.82) is 0 Å². The van der Waals surface area contributed by atoms with E-state index in [0.29, 0.717) is 12.4 Å². The van der Waals surface area contributed by atoms with E-state index in [9.17, 15) is 5.11 Å². The zero-order valence-electron chi connectivity index (χ0n) is 11.3. The molecule has 0 atom stereocenters. The predicted molar refractivity (Wildman–Crippen MR) is 81.1 cm³/mol. The van der Waals surface area contributed by atoms with Gasteiger partial charge >= 0.3 is 0 Å². The summed E-state index contributed by atoms with van der Waals surface area (Å²) in [4.78, 5) is 0. The predicted octanol–water partition coefficient (Wildman–Crippen LogP) is 4.43. The average molecular weight is 264 g/mol. The Labute approximate surface area is 118 Å². The number of aryl methyl sites for hydroxylation is 1. The molecule has 0 fully saturated rings. The molecule has 3 aromatic carbocycles. The molecule has 0 unspecified atom stereocenters. The van der Waals surface area contributed by atoms with E-state index < -0.39 is 0 Å². The van der Waals surface area contributed by atoms with Crippen LogP contribution >= 0.6 is 0 Å². The second kappa shape index (κ2) is 5.25. The average Bonchev–Trinajstić information content (AvgIpc) is 2.45. The first-order valence-corrected chi connectivity index (χ1v) is 6.62. The summed E-state index contributed by atoms with van der Waals surface area (Å²) in [7, 11) is 0. The lowest BCUT2D eigenvalue weighted by atomic mass is 10.1. The van der Waals surface area contributed by atoms with Crippen LogP contribution in [0.15, 0.2) is 60.7 Å². The van der Waals surface area contributed by atoms with Crippen molar-refractivity contribution in [3.8, 4) is 11.5 Å². The van der Waals surface area contributed by atoms with Crippen LogP contribution in [0.1, 0.15) is 11.1 Å². The Morgan fingerprint density at radius 2 is 1.75 bits per heavy atom. The quantitative estimate of drug-likeness (QED) is 0.758. The van der Waals surface area contributed by atoms with Crippen LogP contribution in [0.5, 0.6) is 11.5 Å². The first-order valence-electron chi connectivity index (χ1n) is 6.62. The van der Waals surface area contributed by atoms with Gasteiger partial charge in [-0.25, -0.2) is 0 Å². The molecule has 0 aromatic heterocycles. The number of rotatable bonds is 3. The largest absolute Gasteiger partial charge is 0.507 e. The minimum Gasteiger partial charge on any atom is -0.507 e. The molecule has 1 N–H and O–H groups in total. The van der Waals surface area contributed by atoms with E-state index in [0.717, 1.165) is 27.6 Å². The van der Waals surface area contributed by atoms with Gasteiger partial charge in [0.1, 0.15) is 18.1 Å². The molecule has 0 saturated carbocycles. The molecule has 0 heterocycles. The first-order chi connectivity index (χ1) is 9.72. The summed E-state index contributed by atoms with van der Waals surface area (Å²) >= 11 is 0. The van der Waals surface area contributed by atoms with Crippen LogP contribution in [0.4, 0.5) is 0 Å². The van der Waals surface area contributed by atoms with Crippen LogP contribution in [0.25, 0.3) is 10.8 Å². The Kier molecular flexibility index (Phi) is 3.30. The fraction of sp³-hybridized carbons (Fsp3) is 0.111. The second-order valence-electron chi connectivity index (χ2n) is 4.94. The summed E-state index contributed by atoms with van der Waals surface area (Å²) in [6.07, 6.45) is 0. The van der Waals surface area contributed by atoms with E-state index in [-0.39, 0.29) is 0 Å². The van der Waals surface area contributed by atoms with Crippen LogP contribution in [0.3, 0.4) is 0 Å². The maximum atomic E-state index is 9.91. The highest BCUT2D eigenvalue weighted by molar-refractivity contribution is 5.89. The van der Waals surface area contributed by atoms with Crippen LogP contribution in [0.2, 0.25) is 0 Å². The molecule has 0 saturated heterocycles. The summed E-state index contributed by atoms with van der Waals surface area (Å²) in [6.45, 7) is 2.51. The Hall–Kier alpha value is -2.48. The fourth-order valence-electron chi connectivity index (χ4n) is 2.30. The van der Waals surface area contributed by atoms with Crippen LogP contribution in [-0.2, 0) is 6.61 Å². The molecule has 3 rings (SSSR count). The van der Waals surface area contributed by atoms with Gasteiger partial charge in [-0.2, -0.15) is 0 Å². The van der Waals surface area contributed by atoms with Crippen molar-refractivity contribution in [2.24, 2.45) is 0 Å². The summed E-state index contributed by atoms with van der Waals surface area (Å²) in [6, 6.07) is 19.6. The van der Waals surface area contributed by atoms with Gasteiger partial charge in [-0.15, -0.1) is 0 Å². The third kappa shape index (κ3) is 2.59. The summed E-state index contributed by atoms with van der Waals surface area (Å²) in [5.41, 5.74) is 2.18. The van der Waals surface area contributed by atoms with Crippen molar-refractivity contribution in [3.63, 3.8) is 0 Å². The fourth-order valence-corrected chi connectivity index (χ4v) is 2.30. The summed E-state index contributed by atoms with van der Waals surface area (Å²) in [5, 5.41) is 11.8. The van der Waals surface area contributed by atoms with Gasteiger partial charge in [-0.1, -0.05) is 36.4 Å². The van der Waals surface area contributed by atoms with Crippen molar-refractivity contribution < 1.29 is 9.84 Å². The molecule has 2 nitrogen and oxygen atoms in total. The summed E-state index contributed by atoms with van der Waals surface area (Å²) in [5.74, 6) is 1.13. The normalized spacial score (nSPS) is 10.7. The SMILES string of the molecule is Cc1cc(O)c2ccc(OCc3ccccc3)cc2c1. The Morgan fingerprint density at radius 1 is 0.950 bits per heavy atom. The van der Waals surface area contributed by atoms with Crippen molar-refractivity contribution in [2.45, 2.75) is 13.5 Å². The number of fused-ring (bicyclic) bond motifs is 1. The molecule has 0 aliphatic heterocycles. The van der Waals surface area contributed by atoms with Gasteiger partial charge in [0.25, 0.3) is 0 Å². The third-order valence-corrected chi connectivity index (χ3v) is 3.29. The molecule has 0 radical (unpaired) electrons. The minimum atomic E-state index is 0.314. The monoisotopic (exact) mass is 264 g/mol. The number of benzene rings is 3. The van der Waals surface area contributed by atoms with E-state index in [1.54, 1.807) is 6.07 Å². The molecule has 3 aromatic rings. The molecule has 0 amide bonds. The van der Waals surface area contributed by atoms with Gasteiger partial charge in [0.2, 0.25) is 0 Å². The lowest BCUT2D eigenvalue weighted by molar-refractivity contribution is 0.306. The molecular formula is C18H16O2. The number of ether oxygens (including phenoxy) is 1. The van der Waals surface area contributed by atoms with Crippen molar-refractivity contribution in [1.82, 2.24) is 0 Å². The summed E-state index contributed by atoms with van der Waals surface area (Å²) < 4.78 is 5.80. The van der Waals surface area contributed by atoms with Crippen molar-refractivity contribution >= 4 is 10.8 Å². The van der Waals surface area contributed by atoms with E-state index in [4.69, 9.17) is 4.74 Å². The van der Waals surface area contributed by atoms with Gasteiger partial charge in [0.15, 0.2) is 0 Å². The minimum absolute atomic E-state index is 0.314. The molecule has 0 aliphatic carbocycles. The van der Waals surface area contributed by atoms with Crippen LogP contribution in [0, 0.1) is 6.92 Å².